The highest BCUT2D eigenvalue weighted by atomic mass is 16.3. The van der Waals surface area contributed by atoms with E-state index in [1.165, 1.54) is 128 Å². The van der Waals surface area contributed by atoms with E-state index in [9.17, 15) is 20.1 Å². The maximum absolute atomic E-state index is 12.4. The van der Waals surface area contributed by atoms with Crippen LogP contribution in [-0.2, 0) is 4.79 Å². The van der Waals surface area contributed by atoms with E-state index in [0.29, 0.717) is 6.42 Å². The first-order valence-electron chi connectivity index (χ1n) is 18.3. The number of carbonyl (C=O) groups is 1. The molecule has 5 nitrogen and oxygen atoms in total. The van der Waals surface area contributed by atoms with Gasteiger partial charge in [-0.1, -0.05) is 166 Å². The van der Waals surface area contributed by atoms with Crippen LogP contribution in [0.3, 0.4) is 0 Å². The van der Waals surface area contributed by atoms with Gasteiger partial charge in [0.25, 0.3) is 0 Å². The summed E-state index contributed by atoms with van der Waals surface area (Å²) in [4.78, 5) is 12.4. The third-order valence-corrected chi connectivity index (χ3v) is 8.26. The Kier molecular flexibility index (Phi) is 32.3. The second kappa shape index (κ2) is 33.5. The fourth-order valence-electron chi connectivity index (χ4n) is 5.29. The van der Waals surface area contributed by atoms with Crippen molar-refractivity contribution in [1.29, 1.82) is 0 Å². The predicted molar refractivity (Wildman–Crippen MR) is 185 cm³/mol. The van der Waals surface area contributed by atoms with Crippen LogP contribution in [-0.4, -0.2) is 46.1 Å². The van der Waals surface area contributed by atoms with E-state index < -0.39 is 24.2 Å². The molecule has 0 bridgehead atoms. The Balaban J connectivity index is 3.77. The van der Waals surface area contributed by atoms with Crippen LogP contribution < -0.4 is 5.32 Å². The van der Waals surface area contributed by atoms with E-state index in [0.717, 1.165) is 25.7 Å². The largest absolute Gasteiger partial charge is 0.394 e. The summed E-state index contributed by atoms with van der Waals surface area (Å²) in [5.74, 6) is -0.526. The SMILES string of the molecule is CCCCCCCC/C=C\CCCCCCCCCCC(O)C(=O)N[C@@H](CO)[C@H](O)/C=C/C=C/CCCCCCCCC. The first-order valence-corrected chi connectivity index (χ1v) is 18.3. The summed E-state index contributed by atoms with van der Waals surface area (Å²) >= 11 is 0. The van der Waals surface area contributed by atoms with Crippen molar-refractivity contribution >= 4 is 5.91 Å². The number of hydrogen-bond acceptors (Lipinski definition) is 4. The molecule has 0 heterocycles. The van der Waals surface area contributed by atoms with Gasteiger partial charge in [0.2, 0.25) is 5.91 Å². The topological polar surface area (TPSA) is 89.8 Å². The monoisotopic (exact) mass is 606 g/mol. The highest BCUT2D eigenvalue weighted by Crippen LogP contribution is 2.13. The molecule has 1 unspecified atom stereocenters. The number of aliphatic hydroxyl groups excluding tert-OH is 3. The molecule has 0 rings (SSSR count). The van der Waals surface area contributed by atoms with Crippen LogP contribution in [0.25, 0.3) is 0 Å². The molecule has 0 fully saturated rings. The van der Waals surface area contributed by atoms with Crippen LogP contribution in [0.5, 0.6) is 0 Å². The summed E-state index contributed by atoms with van der Waals surface area (Å²) in [7, 11) is 0. The maximum atomic E-state index is 12.4. The standard InChI is InChI=1S/C38H71NO4/c1-3-5-7-9-11-13-15-16-17-18-19-20-21-23-25-27-29-31-33-37(42)38(43)39-35(34-40)36(41)32-30-28-26-24-22-14-12-10-8-6-4-2/h16-17,26,28,30,32,35-37,40-42H,3-15,18-25,27,29,31,33-34H2,1-2H3,(H,39,43)/b17-16-,28-26+,32-30+/t35-,36+,37?/m0/s1. The first kappa shape index (κ1) is 41.6. The number of rotatable bonds is 32. The van der Waals surface area contributed by atoms with Crippen LogP contribution in [0, 0.1) is 0 Å². The minimum absolute atomic E-state index is 0.388. The fraction of sp³-hybridized carbons (Fsp3) is 0.816. The van der Waals surface area contributed by atoms with Crippen molar-refractivity contribution in [1.82, 2.24) is 5.32 Å². The van der Waals surface area contributed by atoms with Gasteiger partial charge < -0.3 is 20.6 Å². The summed E-state index contributed by atoms with van der Waals surface area (Å²) in [6.45, 7) is 4.11. The molecule has 0 aromatic carbocycles. The van der Waals surface area contributed by atoms with Crippen molar-refractivity contribution in [2.24, 2.45) is 0 Å². The third kappa shape index (κ3) is 29.1. The molecule has 0 radical (unpaired) electrons. The molecule has 0 spiro atoms. The van der Waals surface area contributed by atoms with Gasteiger partial charge in [-0.3, -0.25) is 4.79 Å². The summed E-state index contributed by atoms with van der Waals surface area (Å²) < 4.78 is 0. The lowest BCUT2D eigenvalue weighted by Gasteiger charge is -2.21. The zero-order valence-corrected chi connectivity index (χ0v) is 28.3. The highest BCUT2D eigenvalue weighted by molar-refractivity contribution is 5.80. The van der Waals surface area contributed by atoms with Gasteiger partial charge in [-0.05, 0) is 44.9 Å². The lowest BCUT2D eigenvalue weighted by atomic mass is 10.0. The lowest BCUT2D eigenvalue weighted by molar-refractivity contribution is -0.131. The quantitative estimate of drug-likeness (QED) is 0.0349. The van der Waals surface area contributed by atoms with Crippen molar-refractivity contribution in [3.63, 3.8) is 0 Å². The van der Waals surface area contributed by atoms with Gasteiger partial charge in [0.15, 0.2) is 0 Å². The fourth-order valence-corrected chi connectivity index (χ4v) is 5.29. The van der Waals surface area contributed by atoms with E-state index in [-0.39, 0.29) is 6.61 Å². The molecule has 43 heavy (non-hydrogen) atoms. The Morgan fingerprint density at radius 1 is 0.581 bits per heavy atom. The number of nitrogens with one attached hydrogen (secondary N) is 1. The average Bonchev–Trinajstić information content (AvgIpc) is 3.01. The molecular weight excluding hydrogens is 534 g/mol. The minimum Gasteiger partial charge on any atom is -0.394 e. The summed E-state index contributed by atoms with van der Waals surface area (Å²) in [6.07, 6.45) is 40.2. The zero-order valence-electron chi connectivity index (χ0n) is 28.3. The average molecular weight is 606 g/mol. The molecule has 1 amide bonds. The molecule has 3 atom stereocenters. The molecule has 0 aliphatic heterocycles. The number of carbonyl (C=O) groups excluding carboxylic acids is 1. The Hall–Kier alpha value is -1.43. The molecule has 0 aliphatic rings. The molecular formula is C38H71NO4. The predicted octanol–water partition coefficient (Wildman–Crippen LogP) is 9.65. The van der Waals surface area contributed by atoms with Crippen LogP contribution in [0.15, 0.2) is 36.5 Å². The Morgan fingerprint density at radius 3 is 1.47 bits per heavy atom. The van der Waals surface area contributed by atoms with Crippen molar-refractivity contribution < 1.29 is 20.1 Å². The molecule has 0 saturated heterocycles. The maximum Gasteiger partial charge on any atom is 0.249 e. The van der Waals surface area contributed by atoms with Crippen LogP contribution in [0.4, 0.5) is 0 Å². The molecule has 0 saturated carbocycles. The van der Waals surface area contributed by atoms with Gasteiger partial charge in [-0.2, -0.15) is 0 Å². The normalized spacial score (nSPS) is 14.3. The van der Waals surface area contributed by atoms with E-state index >= 15 is 0 Å². The molecule has 0 aromatic heterocycles. The van der Waals surface area contributed by atoms with Gasteiger partial charge in [0.1, 0.15) is 6.10 Å². The van der Waals surface area contributed by atoms with E-state index in [4.69, 9.17) is 0 Å². The van der Waals surface area contributed by atoms with Crippen LogP contribution in [0.2, 0.25) is 0 Å². The second-order valence-electron chi connectivity index (χ2n) is 12.5. The smallest absolute Gasteiger partial charge is 0.249 e. The van der Waals surface area contributed by atoms with E-state index in [2.05, 4.69) is 37.4 Å². The van der Waals surface area contributed by atoms with Crippen molar-refractivity contribution in [2.75, 3.05) is 6.61 Å². The van der Waals surface area contributed by atoms with Gasteiger partial charge in [-0.25, -0.2) is 0 Å². The highest BCUT2D eigenvalue weighted by Gasteiger charge is 2.22. The Labute approximate surface area is 266 Å². The van der Waals surface area contributed by atoms with Crippen molar-refractivity contribution in [2.45, 2.75) is 193 Å². The zero-order chi connectivity index (χ0) is 31.6. The Bertz CT molecular complexity index is 675. The van der Waals surface area contributed by atoms with Crippen molar-refractivity contribution in [3.8, 4) is 0 Å². The number of aliphatic hydroxyl groups is 3. The van der Waals surface area contributed by atoms with Crippen LogP contribution in [0.1, 0.15) is 174 Å². The van der Waals surface area contributed by atoms with Gasteiger partial charge in [-0.15, -0.1) is 0 Å². The molecule has 0 aliphatic carbocycles. The van der Waals surface area contributed by atoms with Crippen molar-refractivity contribution in [3.05, 3.63) is 36.5 Å². The summed E-state index contributed by atoms with van der Waals surface area (Å²) in [5.41, 5.74) is 0. The number of allylic oxidation sites excluding steroid dienone is 5. The van der Waals surface area contributed by atoms with Gasteiger partial charge >= 0.3 is 0 Å². The summed E-state index contributed by atoms with van der Waals surface area (Å²) in [5, 5.41) is 32.8. The Morgan fingerprint density at radius 2 is 1.00 bits per heavy atom. The molecule has 0 aromatic rings. The summed E-state index contributed by atoms with van der Waals surface area (Å²) in [6, 6.07) is -0.828. The first-order chi connectivity index (χ1) is 21.1. The minimum atomic E-state index is -1.11. The molecule has 252 valence electrons. The molecule has 4 N–H and O–H groups in total. The molecule has 5 heteroatoms. The number of hydrogen-bond donors (Lipinski definition) is 4. The van der Waals surface area contributed by atoms with E-state index in [1.807, 2.05) is 6.08 Å². The number of unbranched alkanes of at least 4 members (excludes halogenated alkanes) is 21. The van der Waals surface area contributed by atoms with Crippen LogP contribution >= 0.6 is 0 Å². The van der Waals surface area contributed by atoms with E-state index in [1.54, 1.807) is 12.2 Å². The van der Waals surface area contributed by atoms with Gasteiger partial charge in [0, 0.05) is 0 Å². The number of amides is 1. The second-order valence-corrected chi connectivity index (χ2v) is 12.5. The third-order valence-electron chi connectivity index (χ3n) is 8.26. The van der Waals surface area contributed by atoms with Gasteiger partial charge in [0.05, 0.1) is 18.8 Å². The lowest BCUT2D eigenvalue weighted by Crippen LogP contribution is -2.48.